The van der Waals surface area contributed by atoms with Crippen molar-refractivity contribution in [3.8, 4) is 5.75 Å². The Kier molecular flexibility index (Phi) is 10.8. The minimum absolute atomic E-state index is 0.113. The van der Waals surface area contributed by atoms with Crippen LogP contribution in [-0.4, -0.2) is 57.1 Å². The van der Waals surface area contributed by atoms with E-state index < -0.39 is 16.1 Å². The first kappa shape index (κ1) is 30.5. The zero-order chi connectivity index (χ0) is 28.6. The molecule has 1 aliphatic rings. The molecule has 3 rings (SSSR count). The van der Waals surface area contributed by atoms with Gasteiger partial charge in [0.1, 0.15) is 11.8 Å². The number of benzene rings is 2. The van der Waals surface area contributed by atoms with E-state index >= 15 is 0 Å². The molecule has 0 heterocycles. The van der Waals surface area contributed by atoms with Gasteiger partial charge in [-0.2, -0.15) is 0 Å². The molecule has 0 radical (unpaired) electrons. The predicted molar refractivity (Wildman–Crippen MR) is 155 cm³/mol. The van der Waals surface area contributed by atoms with Crippen molar-refractivity contribution in [2.75, 3.05) is 24.2 Å². The summed E-state index contributed by atoms with van der Waals surface area (Å²) in [6.07, 6.45) is 6.93. The lowest BCUT2D eigenvalue weighted by Gasteiger charge is -2.31. The Morgan fingerprint density at radius 3 is 2.33 bits per heavy atom. The lowest BCUT2D eigenvalue weighted by Crippen LogP contribution is -2.50. The van der Waals surface area contributed by atoms with Gasteiger partial charge in [0.15, 0.2) is 0 Å². The van der Waals surface area contributed by atoms with Gasteiger partial charge in [0, 0.05) is 25.6 Å². The number of sulfonamides is 1. The van der Waals surface area contributed by atoms with Crippen LogP contribution in [0.5, 0.6) is 5.75 Å². The van der Waals surface area contributed by atoms with Crippen molar-refractivity contribution in [2.45, 2.75) is 84.3 Å². The summed E-state index contributed by atoms with van der Waals surface area (Å²) in [4.78, 5) is 28.4. The minimum Gasteiger partial charge on any atom is -0.497 e. The van der Waals surface area contributed by atoms with Crippen molar-refractivity contribution in [2.24, 2.45) is 0 Å². The molecule has 2 amide bonds. The second-order valence-electron chi connectivity index (χ2n) is 10.7. The van der Waals surface area contributed by atoms with Gasteiger partial charge >= 0.3 is 0 Å². The molecule has 2 aromatic rings. The van der Waals surface area contributed by atoms with Crippen molar-refractivity contribution in [1.82, 2.24) is 10.2 Å². The highest BCUT2D eigenvalue weighted by molar-refractivity contribution is 7.92. The number of anilines is 1. The second-order valence-corrected chi connectivity index (χ2v) is 12.6. The van der Waals surface area contributed by atoms with Crippen LogP contribution < -0.4 is 14.4 Å². The molecule has 9 heteroatoms. The Bertz CT molecular complexity index is 1220. The number of methoxy groups -OCH3 is 1. The van der Waals surface area contributed by atoms with Crippen LogP contribution in [0.4, 0.5) is 5.69 Å². The van der Waals surface area contributed by atoms with E-state index in [1.54, 1.807) is 18.9 Å². The van der Waals surface area contributed by atoms with Crippen molar-refractivity contribution in [1.29, 1.82) is 0 Å². The molecule has 1 saturated carbocycles. The maximum Gasteiger partial charge on any atom is 0.242 e. The Morgan fingerprint density at radius 1 is 1.05 bits per heavy atom. The van der Waals surface area contributed by atoms with Gasteiger partial charge in [-0.15, -0.1) is 0 Å². The first-order valence-corrected chi connectivity index (χ1v) is 15.6. The second kappa shape index (κ2) is 13.8. The third kappa shape index (κ3) is 8.98. The number of rotatable bonds is 12. The SMILES string of the molecule is COc1cccc(CN(C(=O)CCCN(c2cc(C)cc(C)c2)S(C)(=O)=O)C(C)C(=O)NC2CCCCC2)c1. The molecule has 0 aliphatic heterocycles. The number of carbonyl (C=O) groups is 2. The molecule has 39 heavy (non-hydrogen) atoms. The highest BCUT2D eigenvalue weighted by atomic mass is 32.2. The van der Waals surface area contributed by atoms with Gasteiger partial charge in [0.2, 0.25) is 21.8 Å². The summed E-state index contributed by atoms with van der Waals surface area (Å²) in [5, 5.41) is 3.14. The Morgan fingerprint density at radius 2 is 1.72 bits per heavy atom. The van der Waals surface area contributed by atoms with E-state index in [4.69, 9.17) is 4.74 Å². The predicted octanol–water partition coefficient (Wildman–Crippen LogP) is 4.72. The molecule has 1 N–H and O–H groups in total. The monoisotopic (exact) mass is 557 g/mol. The van der Waals surface area contributed by atoms with Crippen molar-refractivity contribution >= 4 is 27.5 Å². The molecular formula is C30H43N3O5S. The third-order valence-corrected chi connectivity index (χ3v) is 8.45. The summed E-state index contributed by atoms with van der Waals surface area (Å²) in [6, 6.07) is 12.6. The van der Waals surface area contributed by atoms with E-state index in [0.717, 1.165) is 42.4 Å². The number of nitrogens with zero attached hydrogens (tertiary/aromatic N) is 2. The summed E-state index contributed by atoms with van der Waals surface area (Å²) in [6.45, 7) is 6.03. The van der Waals surface area contributed by atoms with Crippen LogP contribution in [0, 0.1) is 13.8 Å². The van der Waals surface area contributed by atoms with Crippen LogP contribution >= 0.6 is 0 Å². The van der Waals surface area contributed by atoms with Crippen LogP contribution in [0.1, 0.15) is 68.6 Å². The molecule has 0 spiro atoms. The Labute approximate surface area is 233 Å². The minimum atomic E-state index is -3.54. The first-order chi connectivity index (χ1) is 18.5. The fourth-order valence-corrected chi connectivity index (χ4v) is 6.17. The first-order valence-electron chi connectivity index (χ1n) is 13.8. The summed E-state index contributed by atoms with van der Waals surface area (Å²) in [5.74, 6) is 0.320. The van der Waals surface area contributed by atoms with E-state index in [9.17, 15) is 18.0 Å². The van der Waals surface area contributed by atoms with Crippen molar-refractivity contribution < 1.29 is 22.7 Å². The molecule has 214 valence electrons. The number of carbonyl (C=O) groups excluding carboxylic acids is 2. The Hall–Kier alpha value is -3.07. The Balaban J connectivity index is 1.75. The van der Waals surface area contributed by atoms with E-state index in [-0.39, 0.29) is 37.4 Å². The number of aryl methyl sites for hydroxylation is 2. The number of hydrogen-bond acceptors (Lipinski definition) is 5. The normalized spacial score (nSPS) is 14.9. The van der Waals surface area contributed by atoms with Crippen LogP contribution in [0.2, 0.25) is 0 Å². The maximum atomic E-state index is 13.6. The van der Waals surface area contributed by atoms with Gasteiger partial charge in [0.05, 0.1) is 19.1 Å². The van der Waals surface area contributed by atoms with E-state index in [1.807, 2.05) is 56.3 Å². The molecule has 1 unspecified atom stereocenters. The average molecular weight is 558 g/mol. The van der Waals surface area contributed by atoms with Gasteiger partial charge in [-0.05, 0) is 81.0 Å². The van der Waals surface area contributed by atoms with Crippen LogP contribution in [0.15, 0.2) is 42.5 Å². The molecule has 1 aliphatic carbocycles. The standard InChI is InChI=1S/C30H43N3O5S/c1-22-17-23(2)19-27(18-22)33(39(5,36)37)16-10-15-29(34)32(21-25-11-9-14-28(20-25)38-4)24(3)30(35)31-26-12-7-6-8-13-26/h9,11,14,17-20,24,26H,6-8,10,12-13,15-16,21H2,1-5H3,(H,31,35). The van der Waals surface area contributed by atoms with Gasteiger partial charge in [-0.25, -0.2) is 8.42 Å². The topological polar surface area (TPSA) is 96.0 Å². The molecule has 2 aromatic carbocycles. The van der Waals surface area contributed by atoms with Gasteiger partial charge in [-0.1, -0.05) is 37.5 Å². The molecule has 0 aromatic heterocycles. The number of amides is 2. The van der Waals surface area contributed by atoms with E-state index in [2.05, 4.69) is 5.32 Å². The number of nitrogens with one attached hydrogen (secondary N) is 1. The smallest absolute Gasteiger partial charge is 0.242 e. The van der Waals surface area contributed by atoms with Gasteiger partial charge < -0.3 is 15.0 Å². The van der Waals surface area contributed by atoms with E-state index in [1.165, 1.54) is 17.0 Å². The molecular weight excluding hydrogens is 514 g/mol. The largest absolute Gasteiger partial charge is 0.497 e. The highest BCUT2D eigenvalue weighted by Crippen LogP contribution is 2.23. The van der Waals surface area contributed by atoms with Crippen LogP contribution in [0.3, 0.4) is 0 Å². The maximum absolute atomic E-state index is 13.6. The summed E-state index contributed by atoms with van der Waals surface area (Å²) in [7, 11) is -1.95. The summed E-state index contributed by atoms with van der Waals surface area (Å²) in [5.41, 5.74) is 3.39. The quantitative estimate of drug-likeness (QED) is 0.407. The number of hydrogen-bond donors (Lipinski definition) is 1. The summed E-state index contributed by atoms with van der Waals surface area (Å²) < 4.78 is 31.9. The summed E-state index contributed by atoms with van der Waals surface area (Å²) >= 11 is 0. The molecule has 8 nitrogen and oxygen atoms in total. The van der Waals surface area contributed by atoms with Crippen LogP contribution in [-0.2, 0) is 26.2 Å². The lowest BCUT2D eigenvalue weighted by molar-refractivity contribution is -0.141. The average Bonchev–Trinajstić information content (AvgIpc) is 2.88. The molecule has 1 fully saturated rings. The number of ether oxygens (including phenoxy) is 1. The molecule has 0 saturated heterocycles. The van der Waals surface area contributed by atoms with Gasteiger partial charge in [-0.3, -0.25) is 13.9 Å². The fraction of sp³-hybridized carbons (Fsp3) is 0.533. The third-order valence-electron chi connectivity index (χ3n) is 7.25. The molecule has 1 atom stereocenters. The molecule has 0 bridgehead atoms. The fourth-order valence-electron chi connectivity index (χ4n) is 5.22. The van der Waals surface area contributed by atoms with Crippen LogP contribution in [0.25, 0.3) is 0 Å². The van der Waals surface area contributed by atoms with Crippen molar-refractivity contribution in [3.63, 3.8) is 0 Å². The zero-order valence-corrected chi connectivity index (χ0v) is 24.7. The van der Waals surface area contributed by atoms with E-state index in [0.29, 0.717) is 17.9 Å². The highest BCUT2D eigenvalue weighted by Gasteiger charge is 2.28. The van der Waals surface area contributed by atoms with Gasteiger partial charge in [0.25, 0.3) is 0 Å². The van der Waals surface area contributed by atoms with Crippen molar-refractivity contribution in [3.05, 3.63) is 59.2 Å². The zero-order valence-electron chi connectivity index (χ0n) is 23.9. The lowest BCUT2D eigenvalue weighted by atomic mass is 9.95.